The molecule has 0 aliphatic carbocycles. The molecule has 3 rings (SSSR count). The fraction of sp³-hybridized carbons (Fsp3) is 0.125. The summed E-state index contributed by atoms with van der Waals surface area (Å²) in [4.78, 5) is 8.35. The number of benzene rings is 1. The quantitative estimate of drug-likeness (QED) is 0.725. The summed E-state index contributed by atoms with van der Waals surface area (Å²) in [5.74, 6) is 2.02. The number of methoxy groups -OCH3 is 1. The highest BCUT2D eigenvalue weighted by atomic mass is 16.5. The third-order valence-corrected chi connectivity index (χ3v) is 3.04. The van der Waals surface area contributed by atoms with Crippen LogP contribution in [0.25, 0.3) is 22.5 Å². The average molecular weight is 266 g/mol. The maximum Gasteiger partial charge on any atom is 0.221 e. The molecule has 1 aromatic carbocycles. The second-order valence-electron chi connectivity index (χ2n) is 4.38. The fourth-order valence-corrected chi connectivity index (χ4v) is 2.11. The normalized spacial score (nSPS) is 10.5. The van der Waals surface area contributed by atoms with E-state index in [4.69, 9.17) is 9.15 Å². The lowest BCUT2D eigenvalue weighted by atomic mass is 10.0. The van der Waals surface area contributed by atoms with Gasteiger partial charge in [0.05, 0.1) is 13.3 Å². The zero-order valence-electron chi connectivity index (χ0n) is 11.3. The molecule has 0 aliphatic heterocycles. The average Bonchev–Trinajstić information content (AvgIpc) is 2.94. The van der Waals surface area contributed by atoms with Crippen molar-refractivity contribution in [3.63, 3.8) is 0 Å². The smallest absolute Gasteiger partial charge is 0.221 e. The summed E-state index contributed by atoms with van der Waals surface area (Å²) in [6.07, 6.45) is 3.45. The van der Waals surface area contributed by atoms with Crippen molar-refractivity contribution in [2.24, 2.45) is 0 Å². The number of aryl methyl sites for hydroxylation is 1. The Kier molecular flexibility index (Phi) is 3.21. The Labute approximate surface area is 117 Å². The van der Waals surface area contributed by atoms with Crippen molar-refractivity contribution in [2.45, 2.75) is 6.92 Å². The van der Waals surface area contributed by atoms with Crippen LogP contribution in [-0.2, 0) is 0 Å². The van der Waals surface area contributed by atoms with Crippen molar-refractivity contribution in [3.8, 4) is 28.3 Å². The Morgan fingerprint density at radius 1 is 1.05 bits per heavy atom. The zero-order valence-corrected chi connectivity index (χ0v) is 11.3. The van der Waals surface area contributed by atoms with Crippen LogP contribution in [0.3, 0.4) is 0 Å². The molecule has 0 fully saturated rings. The molecule has 3 aromatic rings. The number of aromatic nitrogens is 2. The molecule has 0 atom stereocenters. The number of hydrogen-bond acceptors (Lipinski definition) is 4. The van der Waals surface area contributed by atoms with Crippen LogP contribution in [0.15, 0.2) is 53.2 Å². The van der Waals surface area contributed by atoms with E-state index in [9.17, 15) is 0 Å². The van der Waals surface area contributed by atoms with E-state index in [1.165, 1.54) is 0 Å². The van der Waals surface area contributed by atoms with Gasteiger partial charge in [0.1, 0.15) is 0 Å². The van der Waals surface area contributed by atoms with Gasteiger partial charge in [-0.25, -0.2) is 9.97 Å². The molecule has 0 aliphatic rings. The summed E-state index contributed by atoms with van der Waals surface area (Å²) in [5.41, 5.74) is 2.96. The van der Waals surface area contributed by atoms with Gasteiger partial charge in [-0.2, -0.15) is 0 Å². The third kappa shape index (κ3) is 2.28. The van der Waals surface area contributed by atoms with Crippen molar-refractivity contribution >= 4 is 0 Å². The summed E-state index contributed by atoms with van der Waals surface area (Å²) in [5, 5.41) is 0. The van der Waals surface area contributed by atoms with E-state index < -0.39 is 0 Å². The van der Waals surface area contributed by atoms with Gasteiger partial charge < -0.3 is 9.15 Å². The molecule has 4 nitrogen and oxygen atoms in total. The van der Waals surface area contributed by atoms with Crippen molar-refractivity contribution in [2.75, 3.05) is 7.11 Å². The second kappa shape index (κ2) is 5.17. The van der Waals surface area contributed by atoms with Gasteiger partial charge >= 0.3 is 0 Å². The molecule has 0 spiro atoms. The molecule has 0 N–H and O–H groups in total. The minimum atomic E-state index is 0.610. The van der Waals surface area contributed by atoms with Crippen molar-refractivity contribution in [1.82, 2.24) is 9.97 Å². The van der Waals surface area contributed by atoms with Crippen LogP contribution >= 0.6 is 0 Å². The van der Waals surface area contributed by atoms with Crippen LogP contribution in [0, 0.1) is 6.92 Å². The molecule has 100 valence electrons. The summed E-state index contributed by atoms with van der Waals surface area (Å²) >= 11 is 0. The summed E-state index contributed by atoms with van der Waals surface area (Å²) in [7, 11) is 1.62. The van der Waals surface area contributed by atoms with Gasteiger partial charge in [0.15, 0.2) is 11.7 Å². The molecule has 0 unspecified atom stereocenters. The van der Waals surface area contributed by atoms with Crippen LogP contribution in [0.5, 0.6) is 5.88 Å². The van der Waals surface area contributed by atoms with E-state index >= 15 is 0 Å². The predicted molar refractivity (Wildman–Crippen MR) is 76.5 cm³/mol. The molecule has 0 saturated carbocycles. The lowest BCUT2D eigenvalue weighted by Crippen LogP contribution is -1.90. The van der Waals surface area contributed by atoms with Crippen molar-refractivity contribution in [1.29, 1.82) is 0 Å². The SMILES string of the molecule is COc1ncccc1-c1cccc(-c2cnc(C)o2)c1. The molecular weight excluding hydrogens is 252 g/mol. The van der Waals surface area contributed by atoms with E-state index in [1.807, 2.05) is 43.3 Å². The van der Waals surface area contributed by atoms with E-state index in [-0.39, 0.29) is 0 Å². The van der Waals surface area contributed by atoms with Crippen LogP contribution in [-0.4, -0.2) is 17.1 Å². The number of ether oxygens (including phenoxy) is 1. The number of hydrogen-bond donors (Lipinski definition) is 0. The first-order valence-electron chi connectivity index (χ1n) is 6.30. The largest absolute Gasteiger partial charge is 0.481 e. The number of nitrogens with zero attached hydrogens (tertiary/aromatic N) is 2. The van der Waals surface area contributed by atoms with Crippen LogP contribution in [0.1, 0.15) is 5.89 Å². The zero-order chi connectivity index (χ0) is 13.9. The maximum atomic E-state index is 5.56. The highest BCUT2D eigenvalue weighted by Gasteiger charge is 2.09. The lowest BCUT2D eigenvalue weighted by Gasteiger charge is -2.07. The van der Waals surface area contributed by atoms with Crippen LogP contribution in [0.2, 0.25) is 0 Å². The summed E-state index contributed by atoms with van der Waals surface area (Å²) in [6.45, 7) is 1.83. The standard InChI is InChI=1S/C16H14N2O2/c1-11-18-10-15(20-11)13-6-3-5-12(9-13)14-7-4-8-17-16(14)19-2/h3-10H,1-2H3. The maximum absolute atomic E-state index is 5.56. The topological polar surface area (TPSA) is 48.2 Å². The Morgan fingerprint density at radius 2 is 1.90 bits per heavy atom. The number of oxazole rings is 1. The first kappa shape index (κ1) is 12.4. The van der Waals surface area contributed by atoms with Crippen molar-refractivity contribution < 1.29 is 9.15 Å². The highest BCUT2D eigenvalue weighted by molar-refractivity contribution is 5.73. The highest BCUT2D eigenvalue weighted by Crippen LogP contribution is 2.31. The first-order chi connectivity index (χ1) is 9.78. The molecule has 0 amide bonds. The Balaban J connectivity index is 2.07. The van der Waals surface area contributed by atoms with Crippen LogP contribution in [0.4, 0.5) is 0 Å². The van der Waals surface area contributed by atoms with E-state index in [1.54, 1.807) is 19.5 Å². The summed E-state index contributed by atoms with van der Waals surface area (Å²) in [6, 6.07) is 11.9. The third-order valence-electron chi connectivity index (χ3n) is 3.04. The molecular formula is C16H14N2O2. The minimum Gasteiger partial charge on any atom is -0.481 e. The van der Waals surface area contributed by atoms with E-state index in [0.29, 0.717) is 11.8 Å². The molecule has 20 heavy (non-hydrogen) atoms. The first-order valence-corrected chi connectivity index (χ1v) is 6.30. The Hall–Kier alpha value is -2.62. The van der Waals surface area contributed by atoms with E-state index in [2.05, 4.69) is 9.97 Å². The Morgan fingerprint density at radius 3 is 2.65 bits per heavy atom. The minimum absolute atomic E-state index is 0.610. The predicted octanol–water partition coefficient (Wildman–Crippen LogP) is 3.72. The second-order valence-corrected chi connectivity index (χ2v) is 4.38. The van der Waals surface area contributed by atoms with Crippen LogP contribution < -0.4 is 4.74 Å². The van der Waals surface area contributed by atoms with Gasteiger partial charge in [-0.05, 0) is 23.8 Å². The van der Waals surface area contributed by atoms with Gasteiger partial charge in [-0.15, -0.1) is 0 Å². The molecule has 2 aromatic heterocycles. The van der Waals surface area contributed by atoms with Gasteiger partial charge in [0, 0.05) is 24.2 Å². The van der Waals surface area contributed by atoms with Gasteiger partial charge in [0.2, 0.25) is 5.88 Å². The number of rotatable bonds is 3. The molecule has 0 saturated heterocycles. The van der Waals surface area contributed by atoms with Crippen molar-refractivity contribution in [3.05, 3.63) is 54.7 Å². The summed E-state index contributed by atoms with van der Waals surface area (Å²) < 4.78 is 10.9. The van der Waals surface area contributed by atoms with E-state index in [0.717, 1.165) is 22.5 Å². The molecule has 0 bridgehead atoms. The van der Waals surface area contributed by atoms with Gasteiger partial charge in [-0.3, -0.25) is 0 Å². The molecule has 0 radical (unpaired) electrons. The lowest BCUT2D eigenvalue weighted by molar-refractivity contribution is 0.399. The van der Waals surface area contributed by atoms with Gasteiger partial charge in [-0.1, -0.05) is 18.2 Å². The van der Waals surface area contributed by atoms with Gasteiger partial charge in [0.25, 0.3) is 0 Å². The fourth-order valence-electron chi connectivity index (χ4n) is 2.11. The Bertz CT molecular complexity index is 735. The molecule has 2 heterocycles. The number of pyridine rings is 1. The molecule has 4 heteroatoms. The monoisotopic (exact) mass is 266 g/mol.